The van der Waals surface area contributed by atoms with Crippen LogP contribution in [0.5, 0.6) is 0 Å². The summed E-state index contributed by atoms with van der Waals surface area (Å²) >= 11 is 4.30. The van der Waals surface area contributed by atoms with Gasteiger partial charge in [0.05, 0.1) is 0 Å². The topological polar surface area (TPSA) is 46.1 Å². The fourth-order valence-electron chi connectivity index (χ4n) is 1.69. The Bertz CT molecular complexity index is 344. The molecule has 0 radical (unpaired) electrons. The van der Waals surface area contributed by atoms with Gasteiger partial charge in [-0.05, 0) is 12.0 Å². The Kier molecular flexibility index (Phi) is 3.20. The minimum Gasteiger partial charge on any atom is -0.341 e. The summed E-state index contributed by atoms with van der Waals surface area (Å²) in [7, 11) is 0. The Morgan fingerprint density at radius 1 is 1.47 bits per heavy atom. The normalized spacial score (nSPS) is 21.0. The maximum absolute atomic E-state index is 11.5. The molecule has 0 aliphatic carbocycles. The number of carbonyl (C=O) groups excluding carboxylic acids is 1. The quantitative estimate of drug-likeness (QED) is 0.761. The molecule has 2 heterocycles. The molecule has 80 valence electrons. The first kappa shape index (κ1) is 10.4. The van der Waals surface area contributed by atoms with Crippen molar-refractivity contribution in [3.05, 3.63) is 24.3 Å². The van der Waals surface area contributed by atoms with E-state index in [0.29, 0.717) is 6.42 Å². The molecule has 5 heteroatoms. The predicted molar refractivity (Wildman–Crippen MR) is 59.7 cm³/mol. The highest BCUT2D eigenvalue weighted by atomic mass is 32.1. The lowest BCUT2D eigenvalue weighted by molar-refractivity contribution is -0.127. The fraction of sp³-hybridized carbons (Fsp3) is 0.500. The van der Waals surface area contributed by atoms with Gasteiger partial charge in [0.2, 0.25) is 5.91 Å². The Morgan fingerprint density at radius 2 is 2.20 bits per heavy atom. The number of thiol groups is 1. The van der Waals surface area contributed by atoms with Crippen molar-refractivity contribution in [2.45, 2.75) is 18.1 Å². The number of hydrogen-bond acceptors (Lipinski definition) is 4. The van der Waals surface area contributed by atoms with Gasteiger partial charge < -0.3 is 4.90 Å². The summed E-state index contributed by atoms with van der Waals surface area (Å²) in [6, 6.07) is 0. The van der Waals surface area contributed by atoms with Crippen LogP contribution in [0.1, 0.15) is 12.0 Å². The summed E-state index contributed by atoms with van der Waals surface area (Å²) in [5, 5.41) is 0.199. The zero-order valence-corrected chi connectivity index (χ0v) is 9.23. The first-order valence-corrected chi connectivity index (χ1v) is 5.47. The Morgan fingerprint density at radius 3 is 2.80 bits per heavy atom. The van der Waals surface area contributed by atoms with Crippen LogP contribution in [0.2, 0.25) is 0 Å². The molecular weight excluding hydrogens is 210 g/mol. The van der Waals surface area contributed by atoms with Gasteiger partial charge in [0.15, 0.2) is 0 Å². The van der Waals surface area contributed by atoms with E-state index in [-0.39, 0.29) is 11.2 Å². The van der Waals surface area contributed by atoms with E-state index >= 15 is 0 Å². The van der Waals surface area contributed by atoms with Crippen molar-refractivity contribution in [1.82, 2.24) is 14.9 Å². The lowest BCUT2D eigenvalue weighted by atomic mass is 10.2. The minimum atomic E-state index is 0.199. The summed E-state index contributed by atoms with van der Waals surface area (Å²) < 4.78 is 0. The van der Waals surface area contributed by atoms with Crippen molar-refractivity contribution in [2.24, 2.45) is 0 Å². The molecule has 1 saturated heterocycles. The second kappa shape index (κ2) is 4.61. The highest BCUT2D eigenvalue weighted by Gasteiger charge is 2.26. The standard InChI is InChI=1S/C10H13N3OS/c14-10-3-9(15)6-13(10)2-1-8-4-11-7-12-5-8/h4-5,7,9,15H,1-3,6H2. The Balaban J connectivity index is 1.86. The molecule has 1 aliphatic heterocycles. The van der Waals surface area contributed by atoms with E-state index in [4.69, 9.17) is 0 Å². The zero-order chi connectivity index (χ0) is 10.7. The number of rotatable bonds is 3. The van der Waals surface area contributed by atoms with Crippen molar-refractivity contribution in [3.63, 3.8) is 0 Å². The fourth-order valence-corrected chi connectivity index (χ4v) is 2.04. The van der Waals surface area contributed by atoms with Crippen LogP contribution in [-0.4, -0.2) is 39.1 Å². The van der Waals surface area contributed by atoms with E-state index in [9.17, 15) is 4.79 Å². The van der Waals surface area contributed by atoms with E-state index in [1.165, 1.54) is 6.33 Å². The van der Waals surface area contributed by atoms with Gasteiger partial charge in [-0.25, -0.2) is 9.97 Å². The summed E-state index contributed by atoms with van der Waals surface area (Å²) in [4.78, 5) is 21.2. The lowest BCUT2D eigenvalue weighted by Crippen LogP contribution is -2.27. The second-order valence-electron chi connectivity index (χ2n) is 3.69. The van der Waals surface area contributed by atoms with Crippen molar-refractivity contribution in [2.75, 3.05) is 13.1 Å². The Labute approximate surface area is 94.1 Å². The smallest absolute Gasteiger partial charge is 0.223 e. The third-order valence-corrected chi connectivity index (χ3v) is 2.82. The molecule has 0 aromatic carbocycles. The number of carbonyl (C=O) groups is 1. The van der Waals surface area contributed by atoms with Gasteiger partial charge in [-0.15, -0.1) is 0 Å². The molecule has 1 atom stereocenters. The lowest BCUT2D eigenvalue weighted by Gasteiger charge is -2.15. The molecule has 1 amide bonds. The summed E-state index contributed by atoms with van der Waals surface area (Å²) in [6.07, 6.45) is 6.45. The van der Waals surface area contributed by atoms with Crippen LogP contribution < -0.4 is 0 Å². The van der Waals surface area contributed by atoms with Gasteiger partial charge in [0.1, 0.15) is 6.33 Å². The SMILES string of the molecule is O=C1CC(S)CN1CCc1cncnc1. The molecule has 4 nitrogen and oxygen atoms in total. The van der Waals surface area contributed by atoms with Crippen molar-refractivity contribution in [1.29, 1.82) is 0 Å². The third-order valence-electron chi connectivity index (χ3n) is 2.48. The van der Waals surface area contributed by atoms with E-state index in [1.54, 1.807) is 12.4 Å². The molecule has 15 heavy (non-hydrogen) atoms. The van der Waals surface area contributed by atoms with Crippen LogP contribution in [0.3, 0.4) is 0 Å². The van der Waals surface area contributed by atoms with Gasteiger partial charge in [-0.3, -0.25) is 4.79 Å². The molecule has 1 aromatic rings. The molecule has 2 rings (SSSR count). The average Bonchev–Trinajstić information content (AvgIpc) is 2.56. The first-order chi connectivity index (χ1) is 7.25. The van der Waals surface area contributed by atoms with Crippen LogP contribution >= 0.6 is 12.6 Å². The number of hydrogen-bond donors (Lipinski definition) is 1. The maximum Gasteiger partial charge on any atom is 0.223 e. The van der Waals surface area contributed by atoms with E-state index in [1.807, 2.05) is 4.90 Å². The Hall–Kier alpha value is -1.10. The van der Waals surface area contributed by atoms with Crippen molar-refractivity contribution < 1.29 is 4.79 Å². The van der Waals surface area contributed by atoms with Crippen molar-refractivity contribution >= 4 is 18.5 Å². The summed E-state index contributed by atoms with van der Waals surface area (Å²) in [5.74, 6) is 0.201. The summed E-state index contributed by atoms with van der Waals surface area (Å²) in [5.41, 5.74) is 1.06. The van der Waals surface area contributed by atoms with Crippen molar-refractivity contribution in [3.8, 4) is 0 Å². The van der Waals surface area contributed by atoms with Crippen LogP contribution in [0.25, 0.3) is 0 Å². The first-order valence-electron chi connectivity index (χ1n) is 4.95. The van der Waals surface area contributed by atoms with Crippen LogP contribution in [0.15, 0.2) is 18.7 Å². The number of amides is 1. The molecule has 0 N–H and O–H groups in total. The number of aromatic nitrogens is 2. The largest absolute Gasteiger partial charge is 0.341 e. The van der Waals surface area contributed by atoms with Gasteiger partial charge in [-0.2, -0.15) is 12.6 Å². The van der Waals surface area contributed by atoms with Gasteiger partial charge in [-0.1, -0.05) is 0 Å². The molecular formula is C10H13N3OS. The minimum absolute atomic E-state index is 0.199. The highest BCUT2D eigenvalue weighted by molar-refractivity contribution is 7.81. The van der Waals surface area contributed by atoms with Crippen LogP contribution in [0, 0.1) is 0 Å². The average molecular weight is 223 g/mol. The molecule has 1 unspecified atom stereocenters. The van der Waals surface area contributed by atoms with E-state index in [0.717, 1.165) is 25.1 Å². The zero-order valence-electron chi connectivity index (χ0n) is 8.33. The molecule has 1 aromatic heterocycles. The molecule has 0 saturated carbocycles. The molecule has 1 aliphatic rings. The monoisotopic (exact) mass is 223 g/mol. The summed E-state index contributed by atoms with van der Waals surface area (Å²) in [6.45, 7) is 1.50. The molecule has 0 bridgehead atoms. The second-order valence-corrected chi connectivity index (χ2v) is 4.42. The predicted octanol–water partition coefficient (Wildman–Crippen LogP) is 0.550. The van der Waals surface area contributed by atoms with E-state index < -0.39 is 0 Å². The van der Waals surface area contributed by atoms with Gasteiger partial charge in [0.25, 0.3) is 0 Å². The maximum atomic E-state index is 11.5. The third kappa shape index (κ3) is 2.68. The number of nitrogens with zero attached hydrogens (tertiary/aromatic N) is 3. The van der Waals surface area contributed by atoms with Crippen LogP contribution in [-0.2, 0) is 11.2 Å². The molecule has 0 spiro atoms. The van der Waals surface area contributed by atoms with Gasteiger partial charge >= 0.3 is 0 Å². The molecule has 1 fully saturated rings. The van der Waals surface area contributed by atoms with Gasteiger partial charge in [0, 0.05) is 37.2 Å². The highest BCUT2D eigenvalue weighted by Crippen LogP contribution is 2.15. The number of likely N-dealkylation sites (tertiary alicyclic amines) is 1. The van der Waals surface area contributed by atoms with Crippen LogP contribution in [0.4, 0.5) is 0 Å². The van der Waals surface area contributed by atoms with E-state index in [2.05, 4.69) is 22.6 Å².